The molecule has 1 fully saturated rings. The second-order valence-electron chi connectivity index (χ2n) is 7.32. The van der Waals surface area contributed by atoms with Crippen molar-refractivity contribution in [3.8, 4) is 12.0 Å². The molecule has 0 spiro atoms. The summed E-state index contributed by atoms with van der Waals surface area (Å²) in [6.45, 7) is 2.73. The van der Waals surface area contributed by atoms with Crippen LogP contribution in [0.4, 0.5) is 5.95 Å². The summed E-state index contributed by atoms with van der Waals surface area (Å²) in [6, 6.07) is 9.40. The first-order valence-electron chi connectivity index (χ1n) is 10.2. The van der Waals surface area contributed by atoms with E-state index in [0.717, 1.165) is 18.4 Å². The van der Waals surface area contributed by atoms with Crippen LogP contribution in [0.2, 0.25) is 0 Å². The standard InChI is InChI=1S/C21H28N6O4/c1-14(28)22-17(13-15-7-5-4-6-8-15)18(29)23-16-9-11-27(12-10-16)19-24-20(30-2)26-21(25-19)31-3/h4-8,16-17H,9-13H2,1-3H3,(H,22,28)(H,23,29). The minimum absolute atomic E-state index is 0.00131. The summed E-state index contributed by atoms with van der Waals surface area (Å²) in [5.41, 5.74) is 0.990. The number of methoxy groups -OCH3 is 2. The van der Waals surface area contributed by atoms with Gasteiger partial charge in [-0.2, -0.15) is 9.97 Å². The van der Waals surface area contributed by atoms with Crippen molar-refractivity contribution in [1.29, 1.82) is 0 Å². The maximum absolute atomic E-state index is 12.9. The van der Waals surface area contributed by atoms with Crippen LogP contribution in [-0.4, -0.2) is 66.2 Å². The van der Waals surface area contributed by atoms with Crippen LogP contribution in [0, 0.1) is 0 Å². The number of nitrogens with one attached hydrogen (secondary N) is 2. The van der Waals surface area contributed by atoms with Crippen LogP contribution in [-0.2, 0) is 16.0 Å². The first-order valence-corrected chi connectivity index (χ1v) is 10.2. The minimum Gasteiger partial charge on any atom is -0.467 e. The molecule has 1 aliphatic rings. The van der Waals surface area contributed by atoms with E-state index in [1.54, 1.807) is 0 Å². The van der Waals surface area contributed by atoms with Crippen molar-refractivity contribution in [3.63, 3.8) is 0 Å². The van der Waals surface area contributed by atoms with E-state index >= 15 is 0 Å². The van der Waals surface area contributed by atoms with Crippen LogP contribution in [0.1, 0.15) is 25.3 Å². The topological polar surface area (TPSA) is 119 Å². The molecule has 1 aromatic heterocycles. The molecule has 2 heterocycles. The first kappa shape index (κ1) is 22.3. The number of amides is 2. The van der Waals surface area contributed by atoms with Crippen LogP contribution in [0.15, 0.2) is 30.3 Å². The summed E-state index contributed by atoms with van der Waals surface area (Å²) in [5, 5.41) is 5.84. The molecule has 1 aromatic carbocycles. The average molecular weight is 428 g/mol. The fourth-order valence-electron chi connectivity index (χ4n) is 3.48. The predicted molar refractivity (Wildman–Crippen MR) is 114 cm³/mol. The van der Waals surface area contributed by atoms with E-state index in [1.165, 1.54) is 21.1 Å². The van der Waals surface area contributed by atoms with Gasteiger partial charge in [0.25, 0.3) is 0 Å². The molecule has 0 bridgehead atoms. The molecular formula is C21H28N6O4. The number of ether oxygens (including phenoxy) is 2. The zero-order chi connectivity index (χ0) is 22.2. The summed E-state index contributed by atoms with van der Waals surface area (Å²) in [7, 11) is 2.97. The molecule has 0 aliphatic carbocycles. The van der Waals surface area contributed by atoms with Gasteiger partial charge in [0.15, 0.2) is 0 Å². The molecule has 2 amide bonds. The van der Waals surface area contributed by atoms with E-state index in [-0.39, 0.29) is 29.9 Å². The highest BCUT2D eigenvalue weighted by molar-refractivity contribution is 5.87. The molecule has 10 heteroatoms. The SMILES string of the molecule is COc1nc(OC)nc(N2CCC(NC(=O)C(Cc3ccccc3)NC(C)=O)CC2)n1. The number of piperidine rings is 1. The third kappa shape index (κ3) is 6.27. The van der Waals surface area contributed by atoms with E-state index in [1.807, 2.05) is 35.2 Å². The van der Waals surface area contributed by atoms with E-state index in [0.29, 0.717) is 25.5 Å². The highest BCUT2D eigenvalue weighted by Gasteiger charge is 2.27. The Balaban J connectivity index is 1.58. The number of nitrogens with zero attached hydrogens (tertiary/aromatic N) is 4. The third-order valence-electron chi connectivity index (χ3n) is 5.05. The molecule has 1 aliphatic heterocycles. The number of carbonyl (C=O) groups excluding carboxylic acids is 2. The van der Waals surface area contributed by atoms with Crippen molar-refractivity contribution in [3.05, 3.63) is 35.9 Å². The maximum atomic E-state index is 12.9. The van der Waals surface area contributed by atoms with Gasteiger partial charge in [-0.3, -0.25) is 9.59 Å². The second-order valence-corrected chi connectivity index (χ2v) is 7.32. The Morgan fingerprint density at radius 3 is 2.23 bits per heavy atom. The van der Waals surface area contributed by atoms with Gasteiger partial charge in [-0.1, -0.05) is 30.3 Å². The number of hydrogen-bond donors (Lipinski definition) is 2. The van der Waals surface area contributed by atoms with Crippen molar-refractivity contribution in [2.24, 2.45) is 0 Å². The van der Waals surface area contributed by atoms with Crippen molar-refractivity contribution < 1.29 is 19.1 Å². The van der Waals surface area contributed by atoms with Crippen LogP contribution >= 0.6 is 0 Å². The molecule has 2 N–H and O–H groups in total. The Morgan fingerprint density at radius 1 is 1.06 bits per heavy atom. The van der Waals surface area contributed by atoms with Gasteiger partial charge in [0.1, 0.15) is 6.04 Å². The van der Waals surface area contributed by atoms with Gasteiger partial charge in [-0.15, -0.1) is 4.98 Å². The van der Waals surface area contributed by atoms with Gasteiger partial charge in [0, 0.05) is 32.5 Å². The molecule has 1 saturated heterocycles. The smallest absolute Gasteiger partial charge is 0.324 e. The molecule has 1 unspecified atom stereocenters. The van der Waals surface area contributed by atoms with E-state index in [9.17, 15) is 9.59 Å². The lowest BCUT2D eigenvalue weighted by Gasteiger charge is -2.33. The Labute approximate surface area is 181 Å². The Hall–Kier alpha value is -3.43. The fraction of sp³-hybridized carbons (Fsp3) is 0.476. The van der Waals surface area contributed by atoms with E-state index in [4.69, 9.17) is 9.47 Å². The van der Waals surface area contributed by atoms with Crippen molar-refractivity contribution in [1.82, 2.24) is 25.6 Å². The van der Waals surface area contributed by atoms with Crippen LogP contribution in [0.5, 0.6) is 12.0 Å². The second kappa shape index (κ2) is 10.6. The number of hydrogen-bond acceptors (Lipinski definition) is 8. The average Bonchev–Trinajstić information content (AvgIpc) is 2.79. The largest absolute Gasteiger partial charge is 0.467 e. The van der Waals surface area contributed by atoms with Gasteiger partial charge in [0.05, 0.1) is 14.2 Å². The van der Waals surface area contributed by atoms with E-state index < -0.39 is 6.04 Å². The van der Waals surface area contributed by atoms with Gasteiger partial charge < -0.3 is 25.0 Å². The Morgan fingerprint density at radius 2 is 1.68 bits per heavy atom. The predicted octanol–water partition coefficient (Wildman–Crippen LogP) is 0.721. The molecule has 10 nitrogen and oxygen atoms in total. The minimum atomic E-state index is -0.616. The molecule has 0 radical (unpaired) electrons. The van der Waals surface area contributed by atoms with Gasteiger partial charge in [-0.25, -0.2) is 0 Å². The third-order valence-corrected chi connectivity index (χ3v) is 5.05. The Bertz CT molecular complexity index is 864. The Kier molecular flexibility index (Phi) is 7.58. The van der Waals surface area contributed by atoms with Gasteiger partial charge in [-0.05, 0) is 18.4 Å². The quantitative estimate of drug-likeness (QED) is 0.631. The number of benzene rings is 1. The summed E-state index contributed by atoms with van der Waals surface area (Å²) >= 11 is 0. The molecule has 31 heavy (non-hydrogen) atoms. The van der Waals surface area contributed by atoms with Gasteiger partial charge in [0.2, 0.25) is 17.8 Å². The van der Waals surface area contributed by atoms with Crippen LogP contribution in [0.25, 0.3) is 0 Å². The van der Waals surface area contributed by atoms with Crippen molar-refractivity contribution in [2.75, 3.05) is 32.2 Å². The lowest BCUT2D eigenvalue weighted by molar-refractivity contribution is -0.128. The monoisotopic (exact) mass is 428 g/mol. The number of rotatable bonds is 8. The van der Waals surface area contributed by atoms with Crippen LogP contribution in [0.3, 0.4) is 0 Å². The number of aromatic nitrogens is 3. The lowest BCUT2D eigenvalue weighted by Crippen LogP contribution is -2.52. The molecule has 2 aromatic rings. The molecule has 166 valence electrons. The van der Waals surface area contributed by atoms with Crippen LogP contribution < -0.4 is 25.0 Å². The summed E-state index contributed by atoms with van der Waals surface area (Å²) < 4.78 is 10.2. The highest BCUT2D eigenvalue weighted by atomic mass is 16.5. The maximum Gasteiger partial charge on any atom is 0.324 e. The van der Waals surface area contributed by atoms with Crippen molar-refractivity contribution >= 4 is 17.8 Å². The molecule has 0 saturated carbocycles. The normalized spacial score (nSPS) is 15.1. The number of carbonyl (C=O) groups is 2. The fourth-order valence-corrected chi connectivity index (χ4v) is 3.48. The number of anilines is 1. The van der Waals surface area contributed by atoms with Crippen molar-refractivity contribution in [2.45, 2.75) is 38.3 Å². The van der Waals surface area contributed by atoms with Gasteiger partial charge >= 0.3 is 12.0 Å². The highest BCUT2D eigenvalue weighted by Crippen LogP contribution is 2.20. The lowest BCUT2D eigenvalue weighted by atomic mass is 10.0. The molecule has 1 atom stereocenters. The molecular weight excluding hydrogens is 400 g/mol. The zero-order valence-corrected chi connectivity index (χ0v) is 18.0. The summed E-state index contributed by atoms with van der Waals surface area (Å²) in [5.74, 6) is 0.0679. The summed E-state index contributed by atoms with van der Waals surface area (Å²) in [6.07, 6.45) is 1.88. The molecule has 3 rings (SSSR count). The first-order chi connectivity index (χ1) is 15.0. The zero-order valence-electron chi connectivity index (χ0n) is 18.0. The summed E-state index contributed by atoms with van der Waals surface area (Å²) in [4.78, 5) is 39.1. The van der Waals surface area contributed by atoms with E-state index in [2.05, 4.69) is 25.6 Å².